The number of hydrogen-bond donors (Lipinski definition) is 1. The summed E-state index contributed by atoms with van der Waals surface area (Å²) in [5, 5.41) is 4.01. The first-order valence-corrected chi connectivity index (χ1v) is 10.3. The van der Waals surface area contributed by atoms with E-state index in [-0.39, 0.29) is 5.91 Å². The van der Waals surface area contributed by atoms with Gasteiger partial charge in [0, 0.05) is 29.8 Å². The highest BCUT2D eigenvalue weighted by atomic mass is 35.5. The first kappa shape index (κ1) is 19.0. The Labute approximate surface area is 171 Å². The van der Waals surface area contributed by atoms with Crippen LogP contribution in [-0.4, -0.2) is 37.0 Å². The molecular weight excluding hydrogens is 372 g/mol. The minimum atomic E-state index is 0.0254. The summed E-state index contributed by atoms with van der Waals surface area (Å²) < 4.78 is 6.21. The third-order valence-electron chi connectivity index (χ3n) is 5.56. The Morgan fingerprint density at radius 3 is 2.57 bits per heavy atom. The third-order valence-corrected chi connectivity index (χ3v) is 5.86. The second-order valence-electron chi connectivity index (χ2n) is 7.14. The van der Waals surface area contributed by atoms with Gasteiger partial charge in [0.05, 0.1) is 5.02 Å². The summed E-state index contributed by atoms with van der Waals surface area (Å²) >= 11 is 6.48. The van der Waals surface area contributed by atoms with Crippen LogP contribution in [0.3, 0.4) is 0 Å². The lowest BCUT2D eigenvalue weighted by atomic mass is 9.86. The molecule has 2 aromatic rings. The minimum Gasteiger partial charge on any atom is -0.454 e. The van der Waals surface area contributed by atoms with E-state index >= 15 is 0 Å². The number of hydrogen-bond acceptors (Lipinski definition) is 3. The Kier molecular flexibility index (Phi) is 5.42. The molecule has 146 valence electrons. The predicted octanol–water partition coefficient (Wildman–Crippen LogP) is 5.11. The maximum atomic E-state index is 12.8. The first-order chi connectivity index (χ1) is 13.6. The number of carbonyl (C=O) groups excluding carboxylic acids is 1. The molecule has 0 saturated carbocycles. The second-order valence-corrected chi connectivity index (χ2v) is 7.54. The fraction of sp³-hybridized carbons (Fsp3) is 0.348. The molecule has 2 heterocycles. The van der Waals surface area contributed by atoms with Gasteiger partial charge in [-0.1, -0.05) is 29.3 Å². The monoisotopic (exact) mass is 396 g/mol. The van der Waals surface area contributed by atoms with Gasteiger partial charge in [0.2, 0.25) is 0 Å². The number of para-hydroxylation sites is 1. The lowest BCUT2D eigenvalue weighted by Gasteiger charge is -2.28. The van der Waals surface area contributed by atoms with E-state index in [0.717, 1.165) is 37.1 Å². The smallest absolute Gasteiger partial charge is 0.253 e. The van der Waals surface area contributed by atoms with E-state index in [4.69, 9.17) is 16.3 Å². The molecule has 1 saturated heterocycles. The third kappa shape index (κ3) is 3.31. The van der Waals surface area contributed by atoms with Crippen molar-refractivity contribution in [3.8, 4) is 11.5 Å². The van der Waals surface area contributed by atoms with E-state index in [1.54, 1.807) is 0 Å². The fourth-order valence-corrected chi connectivity index (χ4v) is 4.28. The number of ether oxygens (including phenoxy) is 1. The van der Waals surface area contributed by atoms with Crippen molar-refractivity contribution in [3.63, 3.8) is 0 Å². The van der Waals surface area contributed by atoms with Crippen LogP contribution in [-0.2, 0) is 0 Å². The Bertz CT molecular complexity index is 940. The summed E-state index contributed by atoms with van der Waals surface area (Å²) in [6, 6.07) is 11.7. The van der Waals surface area contributed by atoms with E-state index in [2.05, 4.69) is 11.4 Å². The van der Waals surface area contributed by atoms with E-state index in [1.165, 1.54) is 11.1 Å². The summed E-state index contributed by atoms with van der Waals surface area (Å²) in [7, 11) is 0. The summed E-state index contributed by atoms with van der Waals surface area (Å²) in [6.07, 6.45) is 2.00. The lowest BCUT2D eigenvalue weighted by molar-refractivity contribution is 0.0772. The number of halogens is 1. The molecule has 1 amide bonds. The van der Waals surface area contributed by atoms with Gasteiger partial charge in [-0.3, -0.25) is 4.79 Å². The van der Waals surface area contributed by atoms with Gasteiger partial charge < -0.3 is 15.0 Å². The van der Waals surface area contributed by atoms with Gasteiger partial charge in [-0.25, -0.2) is 0 Å². The van der Waals surface area contributed by atoms with Crippen LogP contribution in [0.15, 0.2) is 42.0 Å². The molecule has 28 heavy (non-hydrogen) atoms. The standard InChI is InChI=1S/C23H25ClN2O2/c1-3-26(4-2)23(27)16-8-9-17-20(14-16)28-22-18(6-5-7-19(22)24)21(17)15-10-12-25-13-11-15/h5-9,14,25H,3-4,10-13H2,1-2H3. The Balaban J connectivity index is 1.85. The zero-order valence-corrected chi connectivity index (χ0v) is 17.1. The number of amides is 1. The second kappa shape index (κ2) is 7.98. The largest absolute Gasteiger partial charge is 0.454 e. The van der Waals surface area contributed by atoms with Crippen molar-refractivity contribution >= 4 is 23.1 Å². The van der Waals surface area contributed by atoms with Gasteiger partial charge in [0.15, 0.2) is 5.75 Å². The SMILES string of the molecule is CCN(CC)C(=O)c1ccc2c(c1)Oc1c(Cl)cccc1C2=C1CCNCC1. The Hall–Kier alpha value is -2.30. The van der Waals surface area contributed by atoms with Gasteiger partial charge in [-0.05, 0) is 69.6 Å². The topological polar surface area (TPSA) is 41.6 Å². The van der Waals surface area contributed by atoms with Crippen LogP contribution in [0.5, 0.6) is 11.5 Å². The molecule has 1 N–H and O–H groups in total. The molecule has 0 aliphatic carbocycles. The zero-order chi connectivity index (χ0) is 19.7. The molecule has 2 aliphatic heterocycles. The molecule has 2 aromatic carbocycles. The van der Waals surface area contributed by atoms with Crippen molar-refractivity contribution in [2.24, 2.45) is 0 Å². The molecule has 4 rings (SSSR count). The van der Waals surface area contributed by atoms with Crippen molar-refractivity contribution in [2.75, 3.05) is 26.2 Å². The van der Waals surface area contributed by atoms with Crippen molar-refractivity contribution in [3.05, 3.63) is 63.7 Å². The Morgan fingerprint density at radius 1 is 1.11 bits per heavy atom. The number of benzene rings is 2. The van der Waals surface area contributed by atoms with Crippen LogP contribution in [0.4, 0.5) is 0 Å². The normalized spacial score (nSPS) is 15.5. The number of nitrogens with zero attached hydrogens (tertiary/aromatic N) is 1. The van der Waals surface area contributed by atoms with E-state index in [0.29, 0.717) is 35.2 Å². The van der Waals surface area contributed by atoms with E-state index in [9.17, 15) is 4.79 Å². The van der Waals surface area contributed by atoms with Crippen molar-refractivity contribution < 1.29 is 9.53 Å². The highest BCUT2D eigenvalue weighted by molar-refractivity contribution is 6.32. The molecule has 0 radical (unpaired) electrons. The summed E-state index contributed by atoms with van der Waals surface area (Å²) in [5.74, 6) is 1.42. The van der Waals surface area contributed by atoms with Crippen LogP contribution in [0.25, 0.3) is 5.57 Å². The molecule has 4 nitrogen and oxygen atoms in total. The number of carbonyl (C=O) groups is 1. The quantitative estimate of drug-likeness (QED) is 0.668. The van der Waals surface area contributed by atoms with Crippen LogP contribution >= 0.6 is 11.6 Å². The molecule has 0 aromatic heterocycles. The van der Waals surface area contributed by atoms with Gasteiger partial charge in [-0.15, -0.1) is 0 Å². The molecule has 0 bridgehead atoms. The van der Waals surface area contributed by atoms with Gasteiger partial charge in [0.1, 0.15) is 5.75 Å². The van der Waals surface area contributed by atoms with Crippen LogP contribution in [0.2, 0.25) is 5.02 Å². The Morgan fingerprint density at radius 2 is 1.86 bits per heavy atom. The van der Waals surface area contributed by atoms with Crippen molar-refractivity contribution in [1.82, 2.24) is 10.2 Å². The fourth-order valence-electron chi connectivity index (χ4n) is 4.06. The molecular formula is C23H25ClN2O2. The average molecular weight is 397 g/mol. The number of nitrogens with one attached hydrogen (secondary N) is 1. The number of piperidine rings is 1. The van der Waals surface area contributed by atoms with E-state index in [1.807, 2.05) is 49.1 Å². The summed E-state index contributed by atoms with van der Waals surface area (Å²) in [5.41, 5.74) is 5.35. The average Bonchev–Trinajstić information content (AvgIpc) is 2.73. The molecule has 0 unspecified atom stereocenters. The molecule has 5 heteroatoms. The van der Waals surface area contributed by atoms with Crippen LogP contribution in [0.1, 0.15) is 48.2 Å². The summed E-state index contributed by atoms with van der Waals surface area (Å²) in [6.45, 7) is 7.30. The van der Waals surface area contributed by atoms with Gasteiger partial charge in [-0.2, -0.15) is 0 Å². The lowest BCUT2D eigenvalue weighted by Crippen LogP contribution is -2.30. The highest BCUT2D eigenvalue weighted by Gasteiger charge is 2.28. The molecule has 2 aliphatic rings. The van der Waals surface area contributed by atoms with E-state index < -0.39 is 0 Å². The maximum Gasteiger partial charge on any atom is 0.253 e. The highest BCUT2D eigenvalue weighted by Crippen LogP contribution is 2.49. The maximum absolute atomic E-state index is 12.8. The van der Waals surface area contributed by atoms with Gasteiger partial charge >= 0.3 is 0 Å². The van der Waals surface area contributed by atoms with Crippen LogP contribution in [0, 0.1) is 0 Å². The molecule has 0 spiro atoms. The minimum absolute atomic E-state index is 0.0254. The number of fused-ring (bicyclic) bond motifs is 2. The summed E-state index contributed by atoms with van der Waals surface area (Å²) in [4.78, 5) is 14.6. The number of rotatable bonds is 3. The predicted molar refractivity (Wildman–Crippen MR) is 113 cm³/mol. The van der Waals surface area contributed by atoms with Gasteiger partial charge in [0.25, 0.3) is 5.91 Å². The van der Waals surface area contributed by atoms with Crippen molar-refractivity contribution in [2.45, 2.75) is 26.7 Å². The molecule has 1 fully saturated rings. The zero-order valence-electron chi connectivity index (χ0n) is 16.3. The van der Waals surface area contributed by atoms with Crippen LogP contribution < -0.4 is 10.1 Å². The first-order valence-electron chi connectivity index (χ1n) is 9.97. The molecule has 0 atom stereocenters. The van der Waals surface area contributed by atoms with Crippen molar-refractivity contribution in [1.29, 1.82) is 0 Å².